The maximum absolute atomic E-state index is 5.17. The van der Waals surface area contributed by atoms with Gasteiger partial charge in [-0.2, -0.15) is 0 Å². The van der Waals surface area contributed by atoms with Crippen LogP contribution in [-0.2, 0) is 6.42 Å². The van der Waals surface area contributed by atoms with Crippen molar-refractivity contribution in [3.63, 3.8) is 0 Å². The normalized spacial score (nSPS) is 9.93. The van der Waals surface area contributed by atoms with Crippen molar-refractivity contribution in [3.05, 3.63) is 17.8 Å². The topological polar surface area (TPSA) is 31.4 Å². The molecule has 0 bridgehead atoms. The minimum atomic E-state index is 0.549. The lowest BCUT2D eigenvalue weighted by molar-refractivity contribution is 0.342. The predicted octanol–water partition coefficient (Wildman–Crippen LogP) is 2.44. The van der Waals surface area contributed by atoms with Gasteiger partial charge >= 0.3 is 0 Å². The molecule has 0 fully saturated rings. The molecule has 0 radical (unpaired) electrons. The molecule has 1 heterocycles. The van der Waals surface area contributed by atoms with E-state index in [0.29, 0.717) is 11.6 Å². The molecular weight excluding hydrogens is 178 g/mol. The van der Waals surface area contributed by atoms with Crippen molar-refractivity contribution in [2.75, 3.05) is 14.2 Å². The van der Waals surface area contributed by atoms with Gasteiger partial charge in [0.25, 0.3) is 5.88 Å². The lowest BCUT2D eigenvalue weighted by atomic mass is 10.1. The van der Waals surface area contributed by atoms with Crippen molar-refractivity contribution >= 4 is 0 Å². The molecule has 0 aliphatic rings. The van der Waals surface area contributed by atoms with Gasteiger partial charge in [-0.15, -0.1) is 0 Å². The molecule has 0 atom stereocenters. The van der Waals surface area contributed by atoms with E-state index >= 15 is 0 Å². The van der Waals surface area contributed by atoms with E-state index in [4.69, 9.17) is 9.47 Å². The van der Waals surface area contributed by atoms with E-state index in [2.05, 4.69) is 11.9 Å². The fourth-order valence-electron chi connectivity index (χ4n) is 1.29. The fourth-order valence-corrected chi connectivity index (χ4v) is 1.29. The number of aromatic nitrogens is 1. The largest absolute Gasteiger partial charge is 0.491 e. The van der Waals surface area contributed by atoms with Gasteiger partial charge in [-0.05, 0) is 24.5 Å². The summed E-state index contributed by atoms with van der Waals surface area (Å²) in [5.41, 5.74) is 1.20. The van der Waals surface area contributed by atoms with Crippen LogP contribution in [-0.4, -0.2) is 19.2 Å². The van der Waals surface area contributed by atoms with Gasteiger partial charge in [0.1, 0.15) is 0 Å². The molecule has 3 heteroatoms. The SMILES string of the molecule is CCCCc1cnc(OC)c(OC)c1. The van der Waals surface area contributed by atoms with Gasteiger partial charge in [0.05, 0.1) is 14.2 Å². The molecule has 0 aliphatic carbocycles. The van der Waals surface area contributed by atoms with Gasteiger partial charge in [-0.1, -0.05) is 13.3 Å². The Bertz CT molecular complexity index is 287. The fraction of sp³-hybridized carbons (Fsp3) is 0.545. The summed E-state index contributed by atoms with van der Waals surface area (Å²) in [4.78, 5) is 4.17. The summed E-state index contributed by atoms with van der Waals surface area (Å²) in [6, 6.07) is 1.99. The summed E-state index contributed by atoms with van der Waals surface area (Å²) in [6.45, 7) is 2.17. The zero-order valence-electron chi connectivity index (χ0n) is 9.04. The Morgan fingerprint density at radius 3 is 2.64 bits per heavy atom. The summed E-state index contributed by atoms with van der Waals surface area (Å²) >= 11 is 0. The third kappa shape index (κ3) is 2.62. The smallest absolute Gasteiger partial charge is 0.256 e. The summed E-state index contributed by atoms with van der Waals surface area (Å²) in [6.07, 6.45) is 5.26. The minimum absolute atomic E-state index is 0.549. The molecule has 78 valence electrons. The first-order valence-electron chi connectivity index (χ1n) is 4.88. The second kappa shape index (κ2) is 5.47. The maximum Gasteiger partial charge on any atom is 0.256 e. The highest BCUT2D eigenvalue weighted by molar-refractivity contribution is 5.36. The van der Waals surface area contributed by atoms with Crippen molar-refractivity contribution in [1.82, 2.24) is 4.98 Å². The Kier molecular flexibility index (Phi) is 4.23. The maximum atomic E-state index is 5.17. The third-order valence-electron chi connectivity index (χ3n) is 2.11. The average Bonchev–Trinajstić information content (AvgIpc) is 2.25. The molecule has 1 aromatic heterocycles. The number of methoxy groups -OCH3 is 2. The number of hydrogen-bond acceptors (Lipinski definition) is 3. The van der Waals surface area contributed by atoms with Crippen molar-refractivity contribution < 1.29 is 9.47 Å². The number of pyridine rings is 1. The molecule has 0 N–H and O–H groups in total. The number of unbranched alkanes of at least 4 members (excludes halogenated alkanes) is 1. The summed E-state index contributed by atoms with van der Waals surface area (Å²) in [5, 5.41) is 0. The van der Waals surface area contributed by atoms with Gasteiger partial charge in [0.15, 0.2) is 5.75 Å². The zero-order valence-corrected chi connectivity index (χ0v) is 9.04. The Morgan fingerprint density at radius 2 is 2.07 bits per heavy atom. The summed E-state index contributed by atoms with van der Waals surface area (Å²) < 4.78 is 10.2. The number of nitrogens with zero attached hydrogens (tertiary/aromatic N) is 1. The highest BCUT2D eigenvalue weighted by Gasteiger charge is 2.05. The standard InChI is InChI=1S/C11H17NO2/c1-4-5-6-9-7-10(13-2)11(14-3)12-8-9/h7-8H,4-6H2,1-3H3. The van der Waals surface area contributed by atoms with E-state index in [1.165, 1.54) is 18.4 Å². The van der Waals surface area contributed by atoms with Crippen LogP contribution in [0.3, 0.4) is 0 Å². The molecule has 0 saturated carbocycles. The summed E-state index contributed by atoms with van der Waals surface area (Å²) in [7, 11) is 3.22. The first-order valence-corrected chi connectivity index (χ1v) is 4.88. The molecule has 0 unspecified atom stereocenters. The second-order valence-corrected chi connectivity index (χ2v) is 3.16. The lowest BCUT2D eigenvalue weighted by Crippen LogP contribution is -1.95. The van der Waals surface area contributed by atoms with Crippen LogP contribution >= 0.6 is 0 Å². The van der Waals surface area contributed by atoms with Gasteiger partial charge in [-0.3, -0.25) is 0 Å². The third-order valence-corrected chi connectivity index (χ3v) is 2.11. The first-order chi connectivity index (χ1) is 6.81. The molecule has 1 rings (SSSR count). The predicted molar refractivity (Wildman–Crippen MR) is 56.0 cm³/mol. The second-order valence-electron chi connectivity index (χ2n) is 3.16. The molecule has 3 nitrogen and oxygen atoms in total. The Balaban J connectivity index is 2.79. The van der Waals surface area contributed by atoms with Gasteiger partial charge < -0.3 is 9.47 Å². The van der Waals surface area contributed by atoms with E-state index in [0.717, 1.165) is 6.42 Å². The van der Waals surface area contributed by atoms with Crippen LogP contribution in [0.25, 0.3) is 0 Å². The first kappa shape index (κ1) is 10.8. The number of aryl methyl sites for hydroxylation is 1. The Labute approximate surface area is 85.1 Å². The molecule has 0 aliphatic heterocycles. The van der Waals surface area contributed by atoms with Gasteiger partial charge in [0.2, 0.25) is 0 Å². The van der Waals surface area contributed by atoms with Gasteiger partial charge in [-0.25, -0.2) is 4.98 Å². The van der Waals surface area contributed by atoms with Crippen molar-refractivity contribution in [3.8, 4) is 11.6 Å². The van der Waals surface area contributed by atoms with Crippen LogP contribution in [0.4, 0.5) is 0 Å². The lowest BCUT2D eigenvalue weighted by Gasteiger charge is -2.07. The van der Waals surface area contributed by atoms with Crippen LogP contribution in [0.5, 0.6) is 11.6 Å². The van der Waals surface area contributed by atoms with Crippen LogP contribution in [0.1, 0.15) is 25.3 Å². The quantitative estimate of drug-likeness (QED) is 0.723. The van der Waals surface area contributed by atoms with Crippen LogP contribution in [0.15, 0.2) is 12.3 Å². The van der Waals surface area contributed by atoms with E-state index < -0.39 is 0 Å². The molecule has 0 spiro atoms. The van der Waals surface area contributed by atoms with E-state index in [1.54, 1.807) is 14.2 Å². The highest BCUT2D eigenvalue weighted by atomic mass is 16.5. The molecule has 1 aromatic rings. The van der Waals surface area contributed by atoms with E-state index in [1.807, 2.05) is 12.3 Å². The average molecular weight is 195 g/mol. The molecule has 0 amide bonds. The zero-order chi connectivity index (χ0) is 10.4. The number of ether oxygens (including phenoxy) is 2. The monoisotopic (exact) mass is 195 g/mol. The van der Waals surface area contributed by atoms with Crippen LogP contribution in [0, 0.1) is 0 Å². The molecular formula is C11H17NO2. The molecule has 14 heavy (non-hydrogen) atoms. The molecule has 0 aromatic carbocycles. The molecule has 0 saturated heterocycles. The highest BCUT2D eigenvalue weighted by Crippen LogP contribution is 2.24. The van der Waals surface area contributed by atoms with Crippen molar-refractivity contribution in [2.45, 2.75) is 26.2 Å². The minimum Gasteiger partial charge on any atom is -0.491 e. The number of rotatable bonds is 5. The summed E-state index contributed by atoms with van der Waals surface area (Å²) in [5.74, 6) is 1.26. The number of hydrogen-bond donors (Lipinski definition) is 0. The van der Waals surface area contributed by atoms with E-state index in [9.17, 15) is 0 Å². The van der Waals surface area contributed by atoms with Crippen molar-refractivity contribution in [2.24, 2.45) is 0 Å². The van der Waals surface area contributed by atoms with Crippen LogP contribution < -0.4 is 9.47 Å². The van der Waals surface area contributed by atoms with E-state index in [-0.39, 0.29) is 0 Å². The van der Waals surface area contributed by atoms with Gasteiger partial charge in [0, 0.05) is 6.20 Å². The Hall–Kier alpha value is -1.25. The Morgan fingerprint density at radius 1 is 1.29 bits per heavy atom. The van der Waals surface area contributed by atoms with Crippen LogP contribution in [0.2, 0.25) is 0 Å². The van der Waals surface area contributed by atoms with Crippen molar-refractivity contribution in [1.29, 1.82) is 0 Å².